The molecule has 2 aliphatic rings. The summed E-state index contributed by atoms with van der Waals surface area (Å²) in [7, 11) is 0. The second-order valence-corrected chi connectivity index (χ2v) is 6.82. The molecule has 7 heteroatoms. The molecule has 0 bridgehead atoms. The lowest BCUT2D eigenvalue weighted by Crippen LogP contribution is -2.47. The van der Waals surface area contributed by atoms with Crippen LogP contribution in [0.15, 0.2) is 4.52 Å². The second-order valence-electron chi connectivity index (χ2n) is 6.82. The number of carbonyl (C=O) groups excluding carboxylic acids is 1. The lowest BCUT2D eigenvalue weighted by atomic mass is 10.0. The van der Waals surface area contributed by atoms with Crippen molar-refractivity contribution in [2.45, 2.75) is 64.0 Å². The average molecular weight is 322 g/mol. The number of urea groups is 1. The van der Waals surface area contributed by atoms with Crippen molar-refractivity contribution in [3.8, 4) is 0 Å². The van der Waals surface area contributed by atoms with Crippen LogP contribution in [0.2, 0.25) is 0 Å². The SMILES string of the molecule is CC(C)c1noc(CCNC(=O)N[C@@H]2CCO[C@@H](C3CC3)C2)n1. The topological polar surface area (TPSA) is 89.3 Å². The van der Waals surface area contributed by atoms with Gasteiger partial charge in [-0.15, -0.1) is 0 Å². The largest absolute Gasteiger partial charge is 0.378 e. The van der Waals surface area contributed by atoms with E-state index < -0.39 is 0 Å². The summed E-state index contributed by atoms with van der Waals surface area (Å²) in [4.78, 5) is 16.3. The molecule has 1 aromatic rings. The molecule has 1 saturated heterocycles. The maximum Gasteiger partial charge on any atom is 0.315 e. The van der Waals surface area contributed by atoms with E-state index in [0.29, 0.717) is 30.8 Å². The number of carbonyl (C=O) groups is 1. The van der Waals surface area contributed by atoms with Gasteiger partial charge in [-0.25, -0.2) is 4.79 Å². The van der Waals surface area contributed by atoms with E-state index in [1.54, 1.807) is 0 Å². The van der Waals surface area contributed by atoms with Crippen molar-refractivity contribution in [3.05, 3.63) is 11.7 Å². The molecule has 2 fully saturated rings. The number of rotatable bonds is 6. The van der Waals surface area contributed by atoms with Crippen molar-refractivity contribution in [2.24, 2.45) is 5.92 Å². The molecule has 7 nitrogen and oxygen atoms in total. The summed E-state index contributed by atoms with van der Waals surface area (Å²) in [5, 5.41) is 9.81. The zero-order chi connectivity index (χ0) is 16.2. The minimum atomic E-state index is -0.130. The number of ether oxygens (including phenoxy) is 1. The first-order valence-corrected chi connectivity index (χ1v) is 8.60. The first-order chi connectivity index (χ1) is 11.1. The summed E-state index contributed by atoms with van der Waals surface area (Å²) < 4.78 is 10.9. The first kappa shape index (κ1) is 16.2. The predicted octanol–water partition coefficient (Wildman–Crippen LogP) is 1.99. The van der Waals surface area contributed by atoms with Gasteiger partial charge >= 0.3 is 6.03 Å². The van der Waals surface area contributed by atoms with Crippen LogP contribution in [0.4, 0.5) is 4.79 Å². The number of nitrogens with one attached hydrogen (secondary N) is 2. The van der Waals surface area contributed by atoms with Gasteiger partial charge in [-0.3, -0.25) is 0 Å². The highest BCUT2D eigenvalue weighted by atomic mass is 16.5. The predicted molar refractivity (Wildman–Crippen MR) is 84.1 cm³/mol. The van der Waals surface area contributed by atoms with E-state index in [4.69, 9.17) is 9.26 Å². The van der Waals surface area contributed by atoms with E-state index in [9.17, 15) is 4.79 Å². The Morgan fingerprint density at radius 1 is 1.35 bits per heavy atom. The molecule has 2 heterocycles. The molecule has 1 aliphatic heterocycles. The zero-order valence-electron chi connectivity index (χ0n) is 13.9. The molecule has 3 rings (SSSR count). The monoisotopic (exact) mass is 322 g/mol. The molecule has 23 heavy (non-hydrogen) atoms. The van der Waals surface area contributed by atoms with Crippen LogP contribution in [-0.4, -0.2) is 41.5 Å². The van der Waals surface area contributed by atoms with Crippen LogP contribution in [-0.2, 0) is 11.2 Å². The highest BCUT2D eigenvalue weighted by Gasteiger charge is 2.36. The van der Waals surface area contributed by atoms with Gasteiger partial charge in [0.15, 0.2) is 5.82 Å². The third kappa shape index (κ3) is 4.67. The van der Waals surface area contributed by atoms with Gasteiger partial charge in [-0.2, -0.15) is 4.98 Å². The van der Waals surface area contributed by atoms with E-state index in [1.165, 1.54) is 12.8 Å². The Bertz CT molecular complexity index is 527. The fraction of sp³-hybridized carbons (Fsp3) is 0.812. The molecule has 2 N–H and O–H groups in total. The zero-order valence-corrected chi connectivity index (χ0v) is 13.9. The molecule has 1 aromatic heterocycles. The lowest BCUT2D eigenvalue weighted by Gasteiger charge is -2.30. The maximum atomic E-state index is 12.0. The van der Waals surface area contributed by atoms with Gasteiger partial charge in [0.2, 0.25) is 5.89 Å². The maximum absolute atomic E-state index is 12.0. The summed E-state index contributed by atoms with van der Waals surface area (Å²) in [5.41, 5.74) is 0. The Morgan fingerprint density at radius 3 is 2.87 bits per heavy atom. The standard InChI is InChI=1S/C16H26N4O3/c1-10(2)15-19-14(23-20-15)5-7-17-16(21)18-12-6-8-22-13(9-12)11-3-4-11/h10-13H,3-9H2,1-2H3,(H2,17,18,21)/t12-,13-/m1/s1. The van der Waals surface area contributed by atoms with Crippen LogP contribution >= 0.6 is 0 Å². The van der Waals surface area contributed by atoms with Crippen LogP contribution < -0.4 is 10.6 Å². The summed E-state index contributed by atoms with van der Waals surface area (Å²) >= 11 is 0. The highest BCUT2D eigenvalue weighted by molar-refractivity contribution is 5.74. The van der Waals surface area contributed by atoms with Gasteiger partial charge in [0.25, 0.3) is 0 Å². The molecular weight excluding hydrogens is 296 g/mol. The Balaban J connectivity index is 1.35. The molecule has 1 aliphatic carbocycles. The van der Waals surface area contributed by atoms with Crippen LogP contribution in [0.5, 0.6) is 0 Å². The van der Waals surface area contributed by atoms with Crippen molar-refractivity contribution in [1.82, 2.24) is 20.8 Å². The third-order valence-corrected chi connectivity index (χ3v) is 4.42. The summed E-state index contributed by atoms with van der Waals surface area (Å²) in [6.07, 6.45) is 5.24. The molecule has 2 atom stereocenters. The molecule has 1 saturated carbocycles. The molecule has 0 unspecified atom stereocenters. The van der Waals surface area contributed by atoms with E-state index in [2.05, 4.69) is 20.8 Å². The first-order valence-electron chi connectivity index (χ1n) is 8.60. The van der Waals surface area contributed by atoms with Crippen LogP contribution in [0, 0.1) is 5.92 Å². The fourth-order valence-electron chi connectivity index (χ4n) is 2.88. The molecule has 0 spiro atoms. The average Bonchev–Trinajstić information content (AvgIpc) is 3.26. The van der Waals surface area contributed by atoms with E-state index in [1.807, 2.05) is 13.8 Å². The summed E-state index contributed by atoms with van der Waals surface area (Å²) in [6, 6.07) is 0.0837. The van der Waals surface area contributed by atoms with Crippen LogP contribution in [0.3, 0.4) is 0 Å². The molecule has 0 radical (unpaired) electrons. The Morgan fingerprint density at radius 2 is 2.17 bits per heavy atom. The van der Waals surface area contributed by atoms with Gasteiger partial charge in [-0.05, 0) is 31.6 Å². The fourth-order valence-corrected chi connectivity index (χ4v) is 2.88. The van der Waals surface area contributed by atoms with Crippen molar-refractivity contribution < 1.29 is 14.1 Å². The lowest BCUT2D eigenvalue weighted by molar-refractivity contribution is -0.00913. The van der Waals surface area contributed by atoms with Crippen molar-refractivity contribution in [3.63, 3.8) is 0 Å². The van der Waals surface area contributed by atoms with Gasteiger partial charge in [0.1, 0.15) is 0 Å². The number of aromatic nitrogens is 2. The van der Waals surface area contributed by atoms with Crippen molar-refractivity contribution in [1.29, 1.82) is 0 Å². The Labute approximate surface area is 136 Å². The summed E-state index contributed by atoms with van der Waals surface area (Å²) in [5.74, 6) is 2.23. The summed E-state index contributed by atoms with van der Waals surface area (Å²) in [6.45, 7) is 5.26. The van der Waals surface area contributed by atoms with Gasteiger partial charge < -0.3 is 19.9 Å². The quantitative estimate of drug-likeness (QED) is 0.836. The van der Waals surface area contributed by atoms with E-state index >= 15 is 0 Å². The van der Waals surface area contributed by atoms with E-state index in [0.717, 1.165) is 25.4 Å². The minimum Gasteiger partial charge on any atom is -0.378 e. The van der Waals surface area contributed by atoms with Crippen LogP contribution in [0.25, 0.3) is 0 Å². The molecule has 0 aromatic carbocycles. The van der Waals surface area contributed by atoms with Gasteiger partial charge in [-0.1, -0.05) is 19.0 Å². The number of hydrogen-bond donors (Lipinski definition) is 2. The number of nitrogens with zero attached hydrogens (tertiary/aromatic N) is 2. The second kappa shape index (κ2) is 7.29. The van der Waals surface area contributed by atoms with Crippen LogP contribution in [0.1, 0.15) is 57.2 Å². The molecular formula is C16H26N4O3. The minimum absolute atomic E-state index is 0.130. The van der Waals surface area contributed by atoms with Crippen molar-refractivity contribution >= 4 is 6.03 Å². The van der Waals surface area contributed by atoms with Gasteiger partial charge in [0.05, 0.1) is 6.10 Å². The number of hydrogen-bond acceptors (Lipinski definition) is 5. The highest BCUT2D eigenvalue weighted by Crippen LogP contribution is 2.38. The molecule has 2 amide bonds. The van der Waals surface area contributed by atoms with E-state index in [-0.39, 0.29) is 18.0 Å². The van der Waals surface area contributed by atoms with Crippen molar-refractivity contribution in [2.75, 3.05) is 13.2 Å². The van der Waals surface area contributed by atoms with Gasteiger partial charge in [0, 0.05) is 31.5 Å². The number of amides is 2. The Hall–Kier alpha value is -1.63. The third-order valence-electron chi connectivity index (χ3n) is 4.42. The molecule has 128 valence electrons. The normalized spacial score (nSPS) is 24.7. The Kier molecular flexibility index (Phi) is 5.15. The smallest absolute Gasteiger partial charge is 0.315 e.